The molecule has 19 heavy (non-hydrogen) atoms. The normalized spacial score (nSPS) is 14.6. The van der Waals surface area contributed by atoms with Gasteiger partial charge in [-0.3, -0.25) is 4.79 Å². The van der Waals surface area contributed by atoms with Gasteiger partial charge in [0.15, 0.2) is 0 Å². The number of hydrogen-bond donors (Lipinski definition) is 0. The molecule has 5 heteroatoms. The van der Waals surface area contributed by atoms with Gasteiger partial charge in [0.1, 0.15) is 11.5 Å². The lowest BCUT2D eigenvalue weighted by molar-refractivity contribution is -0.128. The lowest BCUT2D eigenvalue weighted by Crippen LogP contribution is -2.23. The van der Waals surface area contributed by atoms with E-state index in [9.17, 15) is 4.79 Å². The fourth-order valence-corrected chi connectivity index (χ4v) is 2.07. The molecule has 1 aliphatic rings. The van der Waals surface area contributed by atoms with Crippen molar-refractivity contribution in [2.24, 2.45) is 5.10 Å². The standard InChI is InChI=1S/C14H18N2O3/c1-10-8-14(17)16(15-10)7-6-11-4-5-12(18-2)9-13(11)19-3/h4-5,9H,6-8H2,1-3H3. The third kappa shape index (κ3) is 3.05. The Balaban J connectivity index is 2.05. The van der Waals surface area contributed by atoms with Crippen LogP contribution in [0.15, 0.2) is 23.3 Å². The van der Waals surface area contributed by atoms with Crippen molar-refractivity contribution in [1.82, 2.24) is 5.01 Å². The molecule has 0 aliphatic carbocycles. The van der Waals surface area contributed by atoms with E-state index in [1.165, 1.54) is 5.01 Å². The smallest absolute Gasteiger partial charge is 0.248 e. The highest BCUT2D eigenvalue weighted by Gasteiger charge is 2.20. The quantitative estimate of drug-likeness (QED) is 0.813. The van der Waals surface area contributed by atoms with Crippen molar-refractivity contribution >= 4 is 11.6 Å². The second-order valence-electron chi connectivity index (χ2n) is 4.46. The molecule has 0 aromatic heterocycles. The van der Waals surface area contributed by atoms with Gasteiger partial charge in [-0.1, -0.05) is 6.07 Å². The van der Waals surface area contributed by atoms with Crippen LogP contribution in [0.3, 0.4) is 0 Å². The SMILES string of the molecule is COc1ccc(CCN2N=C(C)CC2=O)c(OC)c1. The summed E-state index contributed by atoms with van der Waals surface area (Å²) in [5.41, 5.74) is 1.91. The molecule has 1 aromatic carbocycles. The number of hydrogen-bond acceptors (Lipinski definition) is 4. The number of rotatable bonds is 5. The molecule has 0 radical (unpaired) electrons. The number of methoxy groups -OCH3 is 2. The van der Waals surface area contributed by atoms with Crippen LogP contribution in [-0.2, 0) is 11.2 Å². The molecule has 1 amide bonds. The summed E-state index contributed by atoms with van der Waals surface area (Å²) in [7, 11) is 3.25. The van der Waals surface area contributed by atoms with E-state index >= 15 is 0 Å². The summed E-state index contributed by atoms with van der Waals surface area (Å²) in [6.45, 7) is 2.44. The summed E-state index contributed by atoms with van der Waals surface area (Å²) in [6.07, 6.45) is 1.13. The van der Waals surface area contributed by atoms with E-state index in [1.807, 2.05) is 25.1 Å². The predicted molar refractivity (Wildman–Crippen MR) is 72.7 cm³/mol. The highest BCUT2D eigenvalue weighted by atomic mass is 16.5. The Morgan fingerprint density at radius 1 is 1.32 bits per heavy atom. The van der Waals surface area contributed by atoms with Crippen LogP contribution < -0.4 is 9.47 Å². The molecule has 5 nitrogen and oxygen atoms in total. The van der Waals surface area contributed by atoms with Crippen LogP contribution in [0, 0.1) is 0 Å². The molecule has 1 heterocycles. The Bertz CT molecular complexity index is 511. The minimum absolute atomic E-state index is 0.0602. The van der Waals surface area contributed by atoms with Gasteiger partial charge < -0.3 is 9.47 Å². The topological polar surface area (TPSA) is 51.1 Å². The van der Waals surface area contributed by atoms with E-state index in [1.54, 1.807) is 14.2 Å². The zero-order chi connectivity index (χ0) is 13.8. The van der Waals surface area contributed by atoms with E-state index in [0.717, 1.165) is 22.8 Å². The van der Waals surface area contributed by atoms with Gasteiger partial charge >= 0.3 is 0 Å². The van der Waals surface area contributed by atoms with Crippen molar-refractivity contribution in [1.29, 1.82) is 0 Å². The van der Waals surface area contributed by atoms with Gasteiger partial charge in [0.2, 0.25) is 5.91 Å². The van der Waals surface area contributed by atoms with E-state index in [2.05, 4.69) is 5.10 Å². The Kier molecular flexibility index (Phi) is 4.04. The molecule has 0 fully saturated rings. The molecular weight excluding hydrogens is 244 g/mol. The molecule has 0 N–H and O–H groups in total. The number of benzene rings is 1. The molecule has 0 unspecified atom stereocenters. The minimum atomic E-state index is 0.0602. The van der Waals surface area contributed by atoms with Gasteiger partial charge in [0, 0.05) is 18.3 Å². The lowest BCUT2D eigenvalue weighted by atomic mass is 10.1. The number of carbonyl (C=O) groups excluding carboxylic acids is 1. The summed E-state index contributed by atoms with van der Waals surface area (Å²) in [5.74, 6) is 1.59. The number of ether oxygens (including phenoxy) is 2. The van der Waals surface area contributed by atoms with Gasteiger partial charge in [0.25, 0.3) is 0 Å². The fraction of sp³-hybridized carbons (Fsp3) is 0.429. The molecule has 102 valence electrons. The van der Waals surface area contributed by atoms with Crippen LogP contribution in [0.1, 0.15) is 18.9 Å². The third-order valence-electron chi connectivity index (χ3n) is 3.07. The maximum Gasteiger partial charge on any atom is 0.248 e. The van der Waals surface area contributed by atoms with E-state index in [4.69, 9.17) is 9.47 Å². The number of nitrogens with zero attached hydrogens (tertiary/aromatic N) is 2. The van der Waals surface area contributed by atoms with Crippen LogP contribution in [-0.4, -0.2) is 37.4 Å². The monoisotopic (exact) mass is 262 g/mol. The first kappa shape index (κ1) is 13.4. The summed E-state index contributed by atoms with van der Waals surface area (Å²) < 4.78 is 10.5. The molecule has 0 saturated carbocycles. The Morgan fingerprint density at radius 2 is 2.11 bits per heavy atom. The van der Waals surface area contributed by atoms with Crippen molar-refractivity contribution in [2.45, 2.75) is 19.8 Å². The summed E-state index contributed by atoms with van der Waals surface area (Å²) in [6, 6.07) is 5.68. The highest BCUT2D eigenvalue weighted by Crippen LogP contribution is 2.25. The highest BCUT2D eigenvalue weighted by molar-refractivity contribution is 6.03. The van der Waals surface area contributed by atoms with Gasteiger partial charge in [-0.15, -0.1) is 0 Å². The minimum Gasteiger partial charge on any atom is -0.497 e. The van der Waals surface area contributed by atoms with E-state index in [0.29, 0.717) is 19.4 Å². The van der Waals surface area contributed by atoms with Crippen molar-refractivity contribution in [2.75, 3.05) is 20.8 Å². The van der Waals surface area contributed by atoms with Crippen LogP contribution in [0.4, 0.5) is 0 Å². The van der Waals surface area contributed by atoms with Crippen molar-refractivity contribution in [3.8, 4) is 11.5 Å². The zero-order valence-electron chi connectivity index (χ0n) is 11.5. The molecule has 1 aromatic rings. The maximum atomic E-state index is 11.6. The summed E-state index contributed by atoms with van der Waals surface area (Å²) in [5, 5.41) is 5.74. The summed E-state index contributed by atoms with van der Waals surface area (Å²) >= 11 is 0. The maximum absolute atomic E-state index is 11.6. The van der Waals surface area contributed by atoms with E-state index in [-0.39, 0.29) is 5.91 Å². The van der Waals surface area contributed by atoms with Gasteiger partial charge in [-0.25, -0.2) is 5.01 Å². The first-order chi connectivity index (χ1) is 9.13. The first-order valence-corrected chi connectivity index (χ1v) is 6.19. The van der Waals surface area contributed by atoms with Gasteiger partial charge in [0.05, 0.1) is 20.6 Å². The fourth-order valence-electron chi connectivity index (χ4n) is 2.07. The lowest BCUT2D eigenvalue weighted by Gasteiger charge is -2.14. The molecule has 1 aliphatic heterocycles. The zero-order valence-corrected chi connectivity index (χ0v) is 11.5. The second-order valence-corrected chi connectivity index (χ2v) is 4.46. The largest absolute Gasteiger partial charge is 0.497 e. The molecule has 0 saturated heterocycles. The first-order valence-electron chi connectivity index (χ1n) is 6.19. The van der Waals surface area contributed by atoms with Crippen LogP contribution in [0.25, 0.3) is 0 Å². The number of hydrazone groups is 1. The molecule has 2 rings (SSSR count). The number of amides is 1. The Labute approximate surface area is 112 Å². The molecule has 0 bridgehead atoms. The average molecular weight is 262 g/mol. The van der Waals surface area contributed by atoms with Crippen molar-refractivity contribution in [3.63, 3.8) is 0 Å². The van der Waals surface area contributed by atoms with E-state index < -0.39 is 0 Å². The average Bonchev–Trinajstić information content (AvgIpc) is 2.74. The van der Waals surface area contributed by atoms with Crippen LogP contribution in [0.5, 0.6) is 11.5 Å². The Hall–Kier alpha value is -2.04. The Morgan fingerprint density at radius 3 is 2.68 bits per heavy atom. The number of carbonyl (C=O) groups is 1. The third-order valence-corrected chi connectivity index (χ3v) is 3.07. The van der Waals surface area contributed by atoms with Crippen molar-refractivity contribution < 1.29 is 14.3 Å². The second kappa shape index (κ2) is 5.73. The van der Waals surface area contributed by atoms with Crippen LogP contribution in [0.2, 0.25) is 0 Å². The molecule has 0 atom stereocenters. The molecular formula is C14H18N2O3. The van der Waals surface area contributed by atoms with Gasteiger partial charge in [-0.2, -0.15) is 5.10 Å². The summed E-state index contributed by atoms with van der Waals surface area (Å²) in [4.78, 5) is 11.6. The van der Waals surface area contributed by atoms with Crippen LogP contribution >= 0.6 is 0 Å². The predicted octanol–water partition coefficient (Wildman–Crippen LogP) is 1.85. The van der Waals surface area contributed by atoms with Gasteiger partial charge in [-0.05, 0) is 25.0 Å². The van der Waals surface area contributed by atoms with Crippen molar-refractivity contribution in [3.05, 3.63) is 23.8 Å². The molecule has 0 spiro atoms.